The molecule has 9 heteroatoms. The molecule has 30 heavy (non-hydrogen) atoms. The molecule has 0 bridgehead atoms. The van der Waals surface area contributed by atoms with E-state index in [0.717, 1.165) is 16.6 Å². The van der Waals surface area contributed by atoms with Gasteiger partial charge in [-0.1, -0.05) is 35.1 Å². The third kappa shape index (κ3) is 4.20. The van der Waals surface area contributed by atoms with E-state index in [1.165, 1.54) is 28.4 Å². The second-order valence-electron chi connectivity index (χ2n) is 6.51. The Kier molecular flexibility index (Phi) is 6.06. The number of carbonyl (C=O) groups excluding carboxylic acids is 2. The molecule has 1 amide bonds. The number of hydrogen-bond acceptors (Lipinski definition) is 7. The number of carbonyl (C=O) groups is 2. The normalized spacial score (nSPS) is 13.0. The van der Waals surface area contributed by atoms with Crippen molar-refractivity contribution in [3.63, 3.8) is 0 Å². The van der Waals surface area contributed by atoms with E-state index in [1.807, 2.05) is 31.2 Å². The lowest BCUT2D eigenvalue weighted by molar-refractivity contribution is -0.121. The van der Waals surface area contributed by atoms with Crippen molar-refractivity contribution in [2.75, 3.05) is 31.3 Å². The van der Waals surface area contributed by atoms with E-state index in [4.69, 9.17) is 25.8 Å². The molecule has 0 saturated heterocycles. The molecular weight excluding hydrogens is 428 g/mol. The monoisotopic (exact) mass is 446 g/mol. The molecule has 2 heterocycles. The van der Waals surface area contributed by atoms with Gasteiger partial charge in [0.25, 0.3) is 5.91 Å². The van der Waals surface area contributed by atoms with Crippen molar-refractivity contribution in [3.8, 4) is 11.5 Å². The van der Waals surface area contributed by atoms with Gasteiger partial charge in [0.1, 0.15) is 0 Å². The fourth-order valence-corrected chi connectivity index (χ4v) is 4.34. The average molecular weight is 447 g/mol. The molecule has 3 aromatic rings. The van der Waals surface area contributed by atoms with Crippen molar-refractivity contribution >= 4 is 50.2 Å². The number of thiazole rings is 1. The standard InChI is InChI=1S/C21H19ClN2O5S/c1-2-24(21-23-15-6-3-4-7-17(15)30-21)18(25)12-29-20(26)13-10-14(22)19-16(11-13)27-8-5-9-28-19/h3-4,6-7,10-11H,2,5,8-9,12H2,1H3. The molecule has 0 radical (unpaired) electrons. The van der Waals surface area contributed by atoms with Crippen LogP contribution in [0.15, 0.2) is 36.4 Å². The quantitative estimate of drug-likeness (QED) is 0.543. The van der Waals surface area contributed by atoms with Crippen molar-refractivity contribution in [2.45, 2.75) is 13.3 Å². The van der Waals surface area contributed by atoms with Crippen molar-refractivity contribution < 1.29 is 23.8 Å². The highest BCUT2D eigenvalue weighted by atomic mass is 35.5. The van der Waals surface area contributed by atoms with Gasteiger partial charge in [-0.2, -0.15) is 0 Å². The number of para-hydroxylation sites is 1. The number of anilines is 1. The highest BCUT2D eigenvalue weighted by Crippen LogP contribution is 2.38. The van der Waals surface area contributed by atoms with Crippen LogP contribution in [0.1, 0.15) is 23.7 Å². The number of halogens is 1. The predicted molar refractivity (Wildman–Crippen MR) is 115 cm³/mol. The number of nitrogens with zero attached hydrogens (tertiary/aromatic N) is 2. The van der Waals surface area contributed by atoms with Crippen LogP contribution in [0, 0.1) is 0 Å². The molecule has 0 fully saturated rings. The summed E-state index contributed by atoms with van der Waals surface area (Å²) in [6.07, 6.45) is 0.720. The second kappa shape index (κ2) is 8.89. The molecule has 4 rings (SSSR count). The minimum atomic E-state index is -0.666. The summed E-state index contributed by atoms with van der Waals surface area (Å²) < 4.78 is 17.4. The summed E-state index contributed by atoms with van der Waals surface area (Å²) in [5.74, 6) is -0.218. The zero-order chi connectivity index (χ0) is 21.1. The fourth-order valence-electron chi connectivity index (χ4n) is 3.03. The van der Waals surface area contributed by atoms with Crippen LogP contribution in [0.2, 0.25) is 5.02 Å². The number of esters is 1. The molecule has 1 aromatic heterocycles. The Morgan fingerprint density at radius 3 is 2.83 bits per heavy atom. The van der Waals surface area contributed by atoms with Crippen molar-refractivity contribution in [2.24, 2.45) is 0 Å². The lowest BCUT2D eigenvalue weighted by Gasteiger charge is -2.17. The number of likely N-dealkylation sites (N-methyl/N-ethyl adjacent to an activating group) is 1. The van der Waals surface area contributed by atoms with E-state index in [0.29, 0.717) is 36.4 Å². The van der Waals surface area contributed by atoms with Gasteiger partial charge in [-0.15, -0.1) is 0 Å². The van der Waals surface area contributed by atoms with E-state index in [2.05, 4.69) is 4.98 Å². The fraction of sp³-hybridized carbons (Fsp3) is 0.286. The summed E-state index contributed by atoms with van der Waals surface area (Å²) in [6.45, 7) is 2.80. The summed E-state index contributed by atoms with van der Waals surface area (Å²) in [6, 6.07) is 10.6. The molecule has 0 atom stereocenters. The SMILES string of the molecule is CCN(C(=O)COC(=O)c1cc(Cl)c2c(c1)OCCCO2)c1nc2ccccc2s1. The number of amides is 1. The van der Waals surface area contributed by atoms with Gasteiger partial charge in [0.05, 0.1) is 34.0 Å². The highest BCUT2D eigenvalue weighted by Gasteiger charge is 2.22. The van der Waals surface area contributed by atoms with Gasteiger partial charge in [-0.05, 0) is 31.2 Å². The van der Waals surface area contributed by atoms with Crippen LogP contribution < -0.4 is 14.4 Å². The van der Waals surface area contributed by atoms with E-state index in [1.54, 1.807) is 0 Å². The van der Waals surface area contributed by atoms with E-state index in [9.17, 15) is 9.59 Å². The smallest absolute Gasteiger partial charge is 0.338 e. The zero-order valence-corrected chi connectivity index (χ0v) is 17.8. The Morgan fingerprint density at radius 2 is 2.03 bits per heavy atom. The molecular formula is C21H19ClN2O5S. The van der Waals surface area contributed by atoms with Gasteiger partial charge >= 0.3 is 5.97 Å². The van der Waals surface area contributed by atoms with Crippen LogP contribution in [-0.4, -0.2) is 43.2 Å². The molecule has 0 saturated carbocycles. The van der Waals surface area contributed by atoms with Crippen molar-refractivity contribution in [1.82, 2.24) is 4.98 Å². The Hall–Kier alpha value is -2.84. The lowest BCUT2D eigenvalue weighted by Crippen LogP contribution is -2.34. The highest BCUT2D eigenvalue weighted by molar-refractivity contribution is 7.22. The summed E-state index contributed by atoms with van der Waals surface area (Å²) in [7, 11) is 0. The average Bonchev–Trinajstić information content (AvgIpc) is 3.01. The third-order valence-corrected chi connectivity index (χ3v) is 5.84. The molecule has 0 spiro atoms. The molecule has 0 N–H and O–H groups in total. The number of ether oxygens (including phenoxy) is 3. The van der Waals surface area contributed by atoms with Gasteiger partial charge in [0.15, 0.2) is 23.2 Å². The van der Waals surface area contributed by atoms with Crippen LogP contribution in [0.3, 0.4) is 0 Å². The Labute approximate surface area is 182 Å². The van der Waals surface area contributed by atoms with E-state index < -0.39 is 12.6 Å². The first-order valence-electron chi connectivity index (χ1n) is 9.49. The number of hydrogen-bond donors (Lipinski definition) is 0. The van der Waals surface area contributed by atoms with Gasteiger partial charge in [0.2, 0.25) is 0 Å². The topological polar surface area (TPSA) is 78.0 Å². The van der Waals surface area contributed by atoms with Gasteiger partial charge in [0, 0.05) is 13.0 Å². The first-order chi connectivity index (χ1) is 14.6. The first-order valence-corrected chi connectivity index (χ1v) is 10.7. The zero-order valence-electron chi connectivity index (χ0n) is 16.2. The van der Waals surface area contributed by atoms with Crippen molar-refractivity contribution in [3.05, 3.63) is 47.0 Å². The maximum atomic E-state index is 12.7. The number of benzene rings is 2. The van der Waals surface area contributed by atoms with Gasteiger partial charge in [-0.3, -0.25) is 9.69 Å². The van der Waals surface area contributed by atoms with Crippen LogP contribution in [0.5, 0.6) is 11.5 Å². The number of fused-ring (bicyclic) bond motifs is 2. The molecule has 7 nitrogen and oxygen atoms in total. The molecule has 1 aliphatic heterocycles. The molecule has 0 aliphatic carbocycles. The first kappa shape index (κ1) is 20.4. The molecule has 156 valence electrons. The molecule has 1 aliphatic rings. The van der Waals surface area contributed by atoms with E-state index >= 15 is 0 Å². The summed E-state index contributed by atoms with van der Waals surface area (Å²) in [5.41, 5.74) is 1.02. The van der Waals surface area contributed by atoms with Crippen LogP contribution in [-0.2, 0) is 9.53 Å². The maximum Gasteiger partial charge on any atom is 0.338 e. The Balaban J connectivity index is 1.45. The predicted octanol–water partition coefficient (Wildman–Crippen LogP) is 4.32. The second-order valence-corrected chi connectivity index (χ2v) is 7.93. The summed E-state index contributed by atoms with van der Waals surface area (Å²) in [5, 5.41) is 0.829. The molecule has 0 unspecified atom stereocenters. The Bertz CT molecular complexity index is 1070. The molecule has 2 aromatic carbocycles. The maximum absolute atomic E-state index is 12.7. The Morgan fingerprint density at radius 1 is 1.23 bits per heavy atom. The van der Waals surface area contributed by atoms with E-state index in [-0.39, 0.29) is 16.5 Å². The number of aromatic nitrogens is 1. The largest absolute Gasteiger partial charge is 0.489 e. The lowest BCUT2D eigenvalue weighted by atomic mass is 10.2. The minimum absolute atomic E-state index is 0.195. The van der Waals surface area contributed by atoms with Crippen LogP contribution in [0.4, 0.5) is 5.13 Å². The summed E-state index contributed by atoms with van der Waals surface area (Å²) in [4.78, 5) is 31.2. The van der Waals surface area contributed by atoms with Crippen molar-refractivity contribution in [1.29, 1.82) is 0 Å². The minimum Gasteiger partial charge on any atom is -0.489 e. The van der Waals surface area contributed by atoms with Crippen LogP contribution in [0.25, 0.3) is 10.2 Å². The van der Waals surface area contributed by atoms with Gasteiger partial charge in [-0.25, -0.2) is 9.78 Å². The van der Waals surface area contributed by atoms with Crippen LogP contribution >= 0.6 is 22.9 Å². The summed E-state index contributed by atoms with van der Waals surface area (Å²) >= 11 is 7.64. The third-order valence-electron chi connectivity index (χ3n) is 4.50. The number of rotatable bonds is 5. The van der Waals surface area contributed by atoms with Gasteiger partial charge < -0.3 is 14.2 Å².